The zero-order valence-corrected chi connectivity index (χ0v) is 11.4. The molecule has 18 heavy (non-hydrogen) atoms. The minimum Gasteiger partial charge on any atom is -0.443 e. The monoisotopic (exact) mass is 279 g/mol. The minimum absolute atomic E-state index is 0.0177. The number of rotatable bonds is 1. The van der Waals surface area contributed by atoms with E-state index in [0.29, 0.717) is 0 Å². The number of piperidine rings is 1. The lowest BCUT2D eigenvalue weighted by Crippen LogP contribution is -2.48. The topological polar surface area (TPSA) is 101 Å². The van der Waals surface area contributed by atoms with Crippen molar-refractivity contribution in [3.05, 3.63) is 0 Å². The Balaban J connectivity index is 2.69. The van der Waals surface area contributed by atoms with Gasteiger partial charge < -0.3 is 4.74 Å². The quantitative estimate of drug-likeness (QED) is 0.712. The first-order valence-corrected chi connectivity index (χ1v) is 7.00. The predicted molar refractivity (Wildman–Crippen MR) is 62.5 cm³/mol. The van der Waals surface area contributed by atoms with Gasteiger partial charge in [-0.05, 0) is 27.2 Å². The van der Waals surface area contributed by atoms with E-state index < -0.39 is 39.4 Å². The molecule has 1 heterocycles. The summed E-state index contributed by atoms with van der Waals surface area (Å²) in [5.74, 6) is -0.655. The molecular weight excluding hydrogens is 262 g/mol. The molecule has 1 unspecified atom stereocenters. The lowest BCUT2D eigenvalue weighted by atomic mass is 10.1. The van der Waals surface area contributed by atoms with Gasteiger partial charge in [-0.2, -0.15) is 8.42 Å². The van der Waals surface area contributed by atoms with Crippen molar-refractivity contribution in [3.63, 3.8) is 0 Å². The van der Waals surface area contributed by atoms with E-state index in [1.54, 1.807) is 20.8 Å². The number of likely N-dealkylation sites (tertiary alicyclic amines) is 1. The van der Waals surface area contributed by atoms with Crippen LogP contribution in [0.3, 0.4) is 0 Å². The highest BCUT2D eigenvalue weighted by Crippen LogP contribution is 2.20. The molecule has 7 nitrogen and oxygen atoms in total. The van der Waals surface area contributed by atoms with Crippen LogP contribution in [0.2, 0.25) is 0 Å². The molecule has 1 aliphatic rings. The van der Waals surface area contributed by atoms with Crippen LogP contribution in [0.25, 0.3) is 0 Å². The third-order valence-electron chi connectivity index (χ3n) is 2.41. The van der Waals surface area contributed by atoms with E-state index >= 15 is 0 Å². The second-order valence-corrected chi connectivity index (χ2v) is 6.85. The van der Waals surface area contributed by atoms with Gasteiger partial charge in [0.05, 0.1) is 5.25 Å². The van der Waals surface area contributed by atoms with E-state index in [2.05, 4.69) is 0 Å². The first-order chi connectivity index (χ1) is 8.00. The number of hydrogen-bond donors (Lipinski definition) is 1. The summed E-state index contributed by atoms with van der Waals surface area (Å²) in [5, 5.41) is -1.14. The van der Waals surface area contributed by atoms with Crippen molar-refractivity contribution < 1.29 is 27.3 Å². The van der Waals surface area contributed by atoms with Gasteiger partial charge in [0, 0.05) is 13.0 Å². The summed E-state index contributed by atoms with van der Waals surface area (Å²) in [6.45, 7) is 4.93. The summed E-state index contributed by atoms with van der Waals surface area (Å²) < 4.78 is 35.7. The zero-order chi connectivity index (χ0) is 14.1. The number of carbonyl (C=O) groups is 2. The normalized spacial score (nSPS) is 21.9. The molecule has 0 radical (unpaired) electrons. The lowest BCUT2D eigenvalue weighted by molar-refractivity contribution is -0.132. The van der Waals surface area contributed by atoms with Gasteiger partial charge in [-0.25, -0.2) is 9.69 Å². The third-order valence-corrected chi connectivity index (χ3v) is 3.66. The highest BCUT2D eigenvalue weighted by Gasteiger charge is 2.37. The van der Waals surface area contributed by atoms with Crippen molar-refractivity contribution in [1.29, 1.82) is 0 Å². The molecule has 1 atom stereocenters. The Morgan fingerprint density at radius 1 is 1.44 bits per heavy atom. The van der Waals surface area contributed by atoms with E-state index in [1.807, 2.05) is 0 Å². The highest BCUT2D eigenvalue weighted by atomic mass is 32.2. The van der Waals surface area contributed by atoms with Crippen LogP contribution >= 0.6 is 0 Å². The van der Waals surface area contributed by atoms with E-state index in [1.165, 1.54) is 0 Å². The predicted octanol–water partition coefficient (Wildman–Crippen LogP) is 0.800. The molecule has 2 amide bonds. The van der Waals surface area contributed by atoms with Crippen molar-refractivity contribution in [2.45, 2.75) is 44.5 Å². The summed E-state index contributed by atoms with van der Waals surface area (Å²) in [4.78, 5) is 24.1. The van der Waals surface area contributed by atoms with Gasteiger partial charge >= 0.3 is 6.09 Å². The summed E-state index contributed by atoms with van der Waals surface area (Å²) in [7, 11) is -4.24. The summed E-state index contributed by atoms with van der Waals surface area (Å²) in [5.41, 5.74) is -0.725. The van der Waals surface area contributed by atoms with Gasteiger partial charge in [0.25, 0.3) is 10.1 Å². The largest absolute Gasteiger partial charge is 0.443 e. The highest BCUT2D eigenvalue weighted by molar-refractivity contribution is 7.86. The molecule has 1 fully saturated rings. The van der Waals surface area contributed by atoms with Gasteiger partial charge in [-0.3, -0.25) is 9.35 Å². The molecule has 104 valence electrons. The molecule has 1 rings (SSSR count). The molecule has 0 saturated carbocycles. The van der Waals surface area contributed by atoms with Crippen molar-refractivity contribution in [1.82, 2.24) is 4.90 Å². The maximum absolute atomic E-state index is 11.7. The summed E-state index contributed by atoms with van der Waals surface area (Å²) >= 11 is 0. The number of ether oxygens (including phenoxy) is 1. The average Bonchev–Trinajstić information content (AvgIpc) is 2.12. The molecule has 1 aliphatic heterocycles. The minimum atomic E-state index is -4.24. The number of imide groups is 1. The van der Waals surface area contributed by atoms with Crippen LogP contribution in [-0.2, 0) is 19.6 Å². The van der Waals surface area contributed by atoms with Crippen molar-refractivity contribution in [2.75, 3.05) is 6.54 Å². The molecule has 1 N–H and O–H groups in total. The van der Waals surface area contributed by atoms with E-state index in [0.717, 1.165) is 4.90 Å². The number of amides is 2. The molecule has 0 bridgehead atoms. The van der Waals surface area contributed by atoms with E-state index in [9.17, 15) is 18.0 Å². The Hall–Kier alpha value is -1.15. The Bertz CT molecular complexity index is 449. The van der Waals surface area contributed by atoms with Crippen molar-refractivity contribution >= 4 is 22.1 Å². The number of hydrogen-bond acceptors (Lipinski definition) is 5. The van der Waals surface area contributed by atoms with Crippen LogP contribution in [-0.4, -0.2) is 47.3 Å². The standard InChI is InChI=1S/C10H17NO6S/c1-10(2,3)17-9(13)11-5-4-7(6-8(11)12)18(14,15)16/h7H,4-6H2,1-3H3,(H,14,15,16). The maximum atomic E-state index is 11.7. The maximum Gasteiger partial charge on any atom is 0.417 e. The van der Waals surface area contributed by atoms with Crippen LogP contribution in [0.4, 0.5) is 4.79 Å². The van der Waals surface area contributed by atoms with Gasteiger partial charge in [-0.15, -0.1) is 0 Å². The molecule has 0 aromatic heterocycles. The molecule has 0 spiro atoms. The third kappa shape index (κ3) is 3.95. The van der Waals surface area contributed by atoms with Crippen LogP contribution in [0.1, 0.15) is 33.6 Å². The van der Waals surface area contributed by atoms with Crippen LogP contribution in [0.15, 0.2) is 0 Å². The summed E-state index contributed by atoms with van der Waals surface area (Å²) in [6.07, 6.45) is -1.18. The fourth-order valence-corrected chi connectivity index (χ4v) is 2.33. The zero-order valence-electron chi connectivity index (χ0n) is 10.5. The molecule has 8 heteroatoms. The smallest absolute Gasteiger partial charge is 0.417 e. The molecule has 1 saturated heterocycles. The first kappa shape index (κ1) is 14.9. The van der Waals surface area contributed by atoms with Gasteiger partial charge in [0.1, 0.15) is 5.60 Å². The Labute approximate surface area is 106 Å². The Morgan fingerprint density at radius 2 is 2.00 bits per heavy atom. The second kappa shape index (κ2) is 4.85. The van der Waals surface area contributed by atoms with Gasteiger partial charge in [-0.1, -0.05) is 0 Å². The van der Waals surface area contributed by atoms with Crippen molar-refractivity contribution in [2.24, 2.45) is 0 Å². The fraction of sp³-hybridized carbons (Fsp3) is 0.800. The van der Waals surface area contributed by atoms with Crippen LogP contribution in [0.5, 0.6) is 0 Å². The molecule has 0 aromatic rings. The molecule has 0 aliphatic carbocycles. The SMILES string of the molecule is CC(C)(C)OC(=O)N1CCC(S(=O)(=O)O)CC1=O. The van der Waals surface area contributed by atoms with Crippen LogP contribution < -0.4 is 0 Å². The lowest BCUT2D eigenvalue weighted by Gasteiger charge is -2.30. The fourth-order valence-electron chi connectivity index (χ4n) is 1.57. The summed E-state index contributed by atoms with van der Waals surface area (Å²) in [6, 6.07) is 0. The average molecular weight is 279 g/mol. The second-order valence-electron chi connectivity index (χ2n) is 5.16. The number of nitrogens with zero attached hydrogens (tertiary/aromatic N) is 1. The first-order valence-electron chi connectivity index (χ1n) is 5.50. The molecule has 0 aromatic carbocycles. The Kier molecular flexibility index (Phi) is 4.02. The van der Waals surface area contributed by atoms with Gasteiger partial charge in [0.2, 0.25) is 5.91 Å². The number of carbonyl (C=O) groups excluding carboxylic acids is 2. The Morgan fingerprint density at radius 3 is 2.39 bits per heavy atom. The van der Waals surface area contributed by atoms with E-state index in [-0.39, 0.29) is 13.0 Å². The van der Waals surface area contributed by atoms with Crippen LogP contribution in [0, 0.1) is 0 Å². The van der Waals surface area contributed by atoms with Gasteiger partial charge in [0.15, 0.2) is 0 Å². The van der Waals surface area contributed by atoms with Crippen molar-refractivity contribution in [3.8, 4) is 0 Å². The molecular formula is C10H17NO6S. The van der Waals surface area contributed by atoms with E-state index in [4.69, 9.17) is 9.29 Å².